The molecule has 1 heterocycles. The number of benzene rings is 1. The predicted molar refractivity (Wildman–Crippen MR) is 79.9 cm³/mol. The molecule has 0 N–H and O–H groups in total. The van der Waals surface area contributed by atoms with Crippen molar-refractivity contribution in [3.63, 3.8) is 0 Å². The van der Waals surface area contributed by atoms with E-state index in [1.165, 1.54) is 5.56 Å². The Morgan fingerprint density at radius 1 is 1.15 bits per heavy atom. The zero-order valence-corrected chi connectivity index (χ0v) is 13.0. The molecule has 2 rings (SSSR count). The number of hydrogen-bond acceptors (Lipinski definition) is 2. The first-order valence-electron chi connectivity index (χ1n) is 7.10. The summed E-state index contributed by atoms with van der Waals surface area (Å²) < 4.78 is 0. The molecule has 0 saturated carbocycles. The summed E-state index contributed by atoms with van der Waals surface area (Å²) >= 11 is 0. The minimum absolute atomic E-state index is 0.0543. The number of Topliss-reactive ketones (excluding diaryl/α,β-unsaturated/α-hetero) is 1. The number of likely N-dealkylation sites (tertiary alicyclic amines) is 1. The summed E-state index contributed by atoms with van der Waals surface area (Å²) in [7, 11) is 0. The molecule has 1 aliphatic heterocycles. The Kier molecular flexibility index (Phi) is 3.49. The lowest BCUT2D eigenvalue weighted by Gasteiger charge is -2.30. The first-order valence-corrected chi connectivity index (χ1v) is 7.10. The van der Waals surface area contributed by atoms with Gasteiger partial charge in [-0.1, -0.05) is 32.9 Å². The lowest BCUT2D eigenvalue weighted by Crippen LogP contribution is -2.46. The maximum Gasteiger partial charge on any atom is 0.254 e. The summed E-state index contributed by atoms with van der Waals surface area (Å²) in [5, 5.41) is 0. The van der Waals surface area contributed by atoms with E-state index < -0.39 is 5.54 Å². The van der Waals surface area contributed by atoms with Crippen molar-refractivity contribution in [1.82, 2.24) is 4.90 Å². The van der Waals surface area contributed by atoms with Crippen LogP contribution in [-0.4, -0.2) is 28.7 Å². The van der Waals surface area contributed by atoms with E-state index in [0.717, 1.165) is 0 Å². The molecule has 1 aliphatic rings. The van der Waals surface area contributed by atoms with Gasteiger partial charge in [0.25, 0.3) is 5.91 Å². The van der Waals surface area contributed by atoms with Crippen LogP contribution in [0.4, 0.5) is 0 Å². The molecule has 0 bridgehead atoms. The molecule has 20 heavy (non-hydrogen) atoms. The zero-order valence-electron chi connectivity index (χ0n) is 13.0. The smallest absolute Gasteiger partial charge is 0.254 e. The van der Waals surface area contributed by atoms with Crippen LogP contribution in [0, 0.1) is 0 Å². The lowest BCUT2D eigenvalue weighted by atomic mass is 9.86. The molecular weight excluding hydrogens is 250 g/mol. The third kappa shape index (κ3) is 2.49. The topological polar surface area (TPSA) is 37.4 Å². The molecule has 3 heteroatoms. The highest BCUT2D eigenvalue weighted by atomic mass is 16.2. The number of rotatable bonds is 1. The van der Waals surface area contributed by atoms with Gasteiger partial charge in [-0.25, -0.2) is 0 Å². The van der Waals surface area contributed by atoms with Crippen LogP contribution < -0.4 is 0 Å². The number of amides is 1. The Balaban J connectivity index is 2.25. The Hall–Kier alpha value is -1.64. The fourth-order valence-electron chi connectivity index (χ4n) is 2.57. The summed E-state index contributed by atoms with van der Waals surface area (Å²) in [5.74, 6) is 0.0819. The van der Waals surface area contributed by atoms with Crippen LogP contribution in [0.3, 0.4) is 0 Å². The first-order chi connectivity index (χ1) is 9.14. The average Bonchev–Trinajstić information content (AvgIpc) is 2.62. The van der Waals surface area contributed by atoms with E-state index in [2.05, 4.69) is 20.8 Å². The molecule has 0 aromatic heterocycles. The van der Waals surface area contributed by atoms with Gasteiger partial charge in [0.05, 0.1) is 5.54 Å². The second-order valence-electron chi connectivity index (χ2n) is 7.02. The SMILES string of the molecule is CC(C)(C)c1ccc(C(=O)N2CCC(=O)C2(C)C)cc1. The second-order valence-corrected chi connectivity index (χ2v) is 7.02. The summed E-state index contributed by atoms with van der Waals surface area (Å²) in [6.07, 6.45) is 0.457. The van der Waals surface area contributed by atoms with Crippen molar-refractivity contribution in [2.75, 3.05) is 6.54 Å². The molecule has 0 aliphatic carbocycles. The van der Waals surface area contributed by atoms with E-state index in [1.54, 1.807) is 4.90 Å². The van der Waals surface area contributed by atoms with Gasteiger partial charge in [0, 0.05) is 18.5 Å². The maximum absolute atomic E-state index is 12.5. The van der Waals surface area contributed by atoms with Gasteiger partial charge in [-0.05, 0) is 37.0 Å². The molecule has 3 nitrogen and oxygen atoms in total. The van der Waals surface area contributed by atoms with Crippen molar-refractivity contribution in [3.05, 3.63) is 35.4 Å². The maximum atomic E-state index is 12.5. The van der Waals surface area contributed by atoms with Gasteiger partial charge in [-0.2, -0.15) is 0 Å². The van der Waals surface area contributed by atoms with Crippen LogP contribution in [0.2, 0.25) is 0 Å². The van der Waals surface area contributed by atoms with E-state index in [0.29, 0.717) is 18.5 Å². The molecule has 1 fully saturated rings. The number of carbonyl (C=O) groups is 2. The summed E-state index contributed by atoms with van der Waals surface area (Å²) in [4.78, 5) is 26.1. The van der Waals surface area contributed by atoms with Crippen LogP contribution >= 0.6 is 0 Å². The van der Waals surface area contributed by atoms with Gasteiger partial charge in [0.2, 0.25) is 0 Å². The highest BCUT2D eigenvalue weighted by Crippen LogP contribution is 2.28. The Labute approximate surface area is 121 Å². The van der Waals surface area contributed by atoms with Gasteiger partial charge in [0.15, 0.2) is 5.78 Å². The molecular formula is C17H23NO2. The normalized spacial score (nSPS) is 18.4. The summed E-state index contributed by atoms with van der Waals surface area (Å²) in [6.45, 7) is 10.6. The van der Waals surface area contributed by atoms with E-state index in [1.807, 2.05) is 38.1 Å². The van der Waals surface area contributed by atoms with E-state index in [4.69, 9.17) is 0 Å². The van der Waals surface area contributed by atoms with Gasteiger partial charge in [-0.3, -0.25) is 9.59 Å². The predicted octanol–water partition coefficient (Wildman–Crippen LogP) is 3.18. The molecule has 0 spiro atoms. The van der Waals surface area contributed by atoms with Gasteiger partial charge in [0.1, 0.15) is 0 Å². The van der Waals surface area contributed by atoms with Crippen molar-refractivity contribution >= 4 is 11.7 Å². The Bertz CT molecular complexity index is 535. The van der Waals surface area contributed by atoms with E-state index in [-0.39, 0.29) is 17.1 Å². The van der Waals surface area contributed by atoms with Crippen LogP contribution in [0.1, 0.15) is 57.0 Å². The Morgan fingerprint density at radius 3 is 2.10 bits per heavy atom. The molecule has 1 aromatic rings. The minimum Gasteiger partial charge on any atom is -0.326 e. The van der Waals surface area contributed by atoms with E-state index >= 15 is 0 Å². The molecule has 0 atom stereocenters. The fourth-order valence-corrected chi connectivity index (χ4v) is 2.57. The molecule has 0 radical (unpaired) electrons. The minimum atomic E-state index is -0.681. The Morgan fingerprint density at radius 2 is 1.70 bits per heavy atom. The van der Waals surface area contributed by atoms with Gasteiger partial charge >= 0.3 is 0 Å². The fraction of sp³-hybridized carbons (Fsp3) is 0.529. The average molecular weight is 273 g/mol. The van der Waals surface area contributed by atoms with Crippen molar-refractivity contribution in [2.24, 2.45) is 0 Å². The van der Waals surface area contributed by atoms with Crippen LogP contribution in [0.15, 0.2) is 24.3 Å². The van der Waals surface area contributed by atoms with Crippen LogP contribution in [0.25, 0.3) is 0 Å². The van der Waals surface area contributed by atoms with Crippen molar-refractivity contribution < 1.29 is 9.59 Å². The highest BCUT2D eigenvalue weighted by Gasteiger charge is 2.42. The van der Waals surface area contributed by atoms with E-state index in [9.17, 15) is 9.59 Å². The molecule has 0 unspecified atom stereocenters. The van der Waals surface area contributed by atoms with Crippen LogP contribution in [0.5, 0.6) is 0 Å². The number of ketones is 1. The largest absolute Gasteiger partial charge is 0.326 e. The van der Waals surface area contributed by atoms with Crippen molar-refractivity contribution in [3.8, 4) is 0 Å². The monoisotopic (exact) mass is 273 g/mol. The van der Waals surface area contributed by atoms with Gasteiger partial charge < -0.3 is 4.90 Å². The third-order valence-electron chi connectivity index (χ3n) is 4.16. The number of nitrogens with zero attached hydrogens (tertiary/aromatic N) is 1. The third-order valence-corrected chi connectivity index (χ3v) is 4.16. The van der Waals surface area contributed by atoms with Crippen molar-refractivity contribution in [2.45, 2.75) is 52.0 Å². The molecule has 1 saturated heterocycles. The number of hydrogen-bond donors (Lipinski definition) is 0. The lowest BCUT2D eigenvalue weighted by molar-refractivity contribution is -0.123. The van der Waals surface area contributed by atoms with Crippen molar-refractivity contribution in [1.29, 1.82) is 0 Å². The summed E-state index contributed by atoms with van der Waals surface area (Å²) in [5.41, 5.74) is 1.25. The zero-order chi connectivity index (χ0) is 15.1. The first kappa shape index (κ1) is 14.8. The molecule has 1 aromatic carbocycles. The highest BCUT2D eigenvalue weighted by molar-refractivity contribution is 6.01. The second kappa shape index (κ2) is 4.72. The molecule has 108 valence electrons. The quantitative estimate of drug-likeness (QED) is 0.788. The standard InChI is InChI=1S/C17H23NO2/c1-16(2,3)13-8-6-12(7-9-13)15(20)18-11-10-14(19)17(18,4)5/h6-9H,10-11H2,1-5H3. The van der Waals surface area contributed by atoms with Crippen LogP contribution in [-0.2, 0) is 10.2 Å². The summed E-state index contributed by atoms with van der Waals surface area (Å²) in [6, 6.07) is 7.72. The van der Waals surface area contributed by atoms with Gasteiger partial charge in [-0.15, -0.1) is 0 Å². The molecule has 1 amide bonds. The number of carbonyl (C=O) groups excluding carboxylic acids is 2.